The van der Waals surface area contributed by atoms with Crippen LogP contribution in [0.1, 0.15) is 0 Å². The minimum atomic E-state index is 0. The molecule has 0 saturated heterocycles. The molecule has 0 spiro atoms. The molecule has 1 aromatic heterocycles. The van der Waals surface area contributed by atoms with Crippen molar-refractivity contribution in [3.8, 4) is 11.5 Å². The van der Waals surface area contributed by atoms with Gasteiger partial charge in [0.05, 0.1) is 5.69 Å². The maximum atomic E-state index is 5.32. The number of nitrogens with zero attached hydrogens (tertiary/aromatic N) is 3. The number of hydrogen-bond acceptors (Lipinski definition) is 7. The molecule has 0 aliphatic carbocycles. The summed E-state index contributed by atoms with van der Waals surface area (Å²) in [6.45, 7) is 0.281. The lowest BCUT2D eigenvalue weighted by atomic mass is 10.3. The van der Waals surface area contributed by atoms with Crippen molar-refractivity contribution in [2.24, 2.45) is 4.99 Å². The van der Waals surface area contributed by atoms with Gasteiger partial charge >= 0.3 is 0 Å². The van der Waals surface area contributed by atoms with Gasteiger partial charge in [0, 0.05) is 20.2 Å². The molecule has 2 heterocycles. The molecule has 0 atom stereocenters. The Hall–Kier alpha value is -1.12. The summed E-state index contributed by atoms with van der Waals surface area (Å²) in [5.41, 5.74) is 0.825. The monoisotopic (exact) mass is 361 g/mol. The summed E-state index contributed by atoms with van der Waals surface area (Å²) in [7, 11) is 7.10. The normalized spacial score (nSPS) is 13.3. The van der Waals surface area contributed by atoms with E-state index < -0.39 is 0 Å². The molecule has 1 aromatic carbocycles. The van der Waals surface area contributed by atoms with Gasteiger partial charge in [-0.15, -0.1) is 17.0 Å². The fraction of sp³-hybridized carbons (Fsp3) is 0.273. The zero-order valence-electron chi connectivity index (χ0n) is 10.3. The van der Waals surface area contributed by atoms with E-state index in [4.69, 9.17) is 9.47 Å². The average molecular weight is 362 g/mol. The molecule has 2 aromatic rings. The summed E-state index contributed by atoms with van der Waals surface area (Å²) < 4.78 is 10.6. The van der Waals surface area contributed by atoms with E-state index >= 15 is 0 Å². The Morgan fingerprint density at radius 2 is 2.00 bits per heavy atom. The zero-order valence-corrected chi connectivity index (χ0v) is 13.7. The molecule has 0 N–H and O–H groups in total. The van der Waals surface area contributed by atoms with Crippen molar-refractivity contribution in [2.75, 3.05) is 25.8 Å². The number of fused-ring (bicyclic) bond motifs is 1. The molecule has 19 heavy (non-hydrogen) atoms. The van der Waals surface area contributed by atoms with Crippen LogP contribution >= 0.6 is 37.7 Å². The first-order chi connectivity index (χ1) is 8.72. The molecule has 0 unspecified atom stereocenters. The van der Waals surface area contributed by atoms with Gasteiger partial charge < -0.3 is 14.4 Å². The third-order valence-electron chi connectivity index (χ3n) is 2.35. The molecule has 0 bridgehead atoms. The molecule has 0 radical (unpaired) electrons. The highest BCUT2D eigenvalue weighted by Gasteiger charge is 2.12. The highest BCUT2D eigenvalue weighted by molar-refractivity contribution is 8.93. The quantitative estimate of drug-likeness (QED) is 0.771. The summed E-state index contributed by atoms with van der Waals surface area (Å²) in [6.07, 6.45) is 0. The Kier molecular flexibility index (Phi) is 4.43. The number of anilines is 1. The van der Waals surface area contributed by atoms with E-state index in [1.165, 1.54) is 0 Å². The number of aromatic nitrogens is 1. The maximum absolute atomic E-state index is 5.32. The molecule has 3 rings (SSSR count). The highest BCUT2D eigenvalue weighted by atomic mass is 79.9. The van der Waals surface area contributed by atoms with E-state index in [9.17, 15) is 0 Å². The fourth-order valence-electron chi connectivity index (χ4n) is 1.48. The fourth-order valence-corrected chi connectivity index (χ4v) is 3.45. The van der Waals surface area contributed by atoms with Crippen LogP contribution in [0, 0.1) is 0 Å². The van der Waals surface area contributed by atoms with Gasteiger partial charge in [-0.1, -0.05) is 0 Å². The van der Waals surface area contributed by atoms with Gasteiger partial charge in [-0.3, -0.25) is 0 Å². The number of rotatable bonds is 2. The Morgan fingerprint density at radius 3 is 2.74 bits per heavy atom. The summed E-state index contributed by atoms with van der Waals surface area (Å²) in [5, 5.41) is 0.958. The van der Waals surface area contributed by atoms with Gasteiger partial charge in [-0.05, 0) is 32.8 Å². The Labute approximate surface area is 128 Å². The molecule has 8 heteroatoms. The topological polar surface area (TPSA) is 47.0 Å². The SMILES string of the molecule is Br.CN(C)c1nc(=Nc2ccc3c(c2)OCO3)ss1. The second-order valence-corrected chi connectivity index (χ2v) is 5.95. The van der Waals surface area contributed by atoms with Crippen molar-refractivity contribution in [1.82, 2.24) is 4.98 Å². The lowest BCUT2D eigenvalue weighted by molar-refractivity contribution is 0.174. The number of halogens is 1. The molecule has 1 aliphatic heterocycles. The molecule has 0 amide bonds. The van der Waals surface area contributed by atoms with Gasteiger partial charge in [-0.2, -0.15) is 4.98 Å². The van der Waals surface area contributed by atoms with E-state index in [-0.39, 0.29) is 23.8 Å². The standard InChI is InChI=1S/C11H11N3O2S2.BrH/c1-14(2)11-13-10(17-18-11)12-7-3-4-8-9(5-7)16-6-15-8;/h3-5H,6H2,1-2H3;1H. The molecular formula is C11H12BrN3O2S2. The number of ether oxygens (including phenoxy) is 2. The maximum Gasteiger partial charge on any atom is 0.231 e. The number of hydrogen-bond donors (Lipinski definition) is 0. The minimum Gasteiger partial charge on any atom is -0.454 e. The van der Waals surface area contributed by atoms with E-state index in [0.717, 1.165) is 27.1 Å². The van der Waals surface area contributed by atoms with Gasteiger partial charge in [0.15, 0.2) is 16.6 Å². The molecule has 1 aliphatic rings. The average Bonchev–Trinajstić information content (AvgIpc) is 2.96. The minimum absolute atomic E-state index is 0. The third kappa shape index (κ3) is 3.07. The molecular weight excluding hydrogens is 350 g/mol. The van der Waals surface area contributed by atoms with Crippen LogP contribution in [0.5, 0.6) is 11.5 Å². The largest absolute Gasteiger partial charge is 0.454 e. The predicted octanol–water partition coefficient (Wildman–Crippen LogP) is 2.81. The highest BCUT2D eigenvalue weighted by Crippen LogP contribution is 2.35. The first-order valence-corrected chi connectivity index (χ1v) is 7.46. The first-order valence-electron chi connectivity index (χ1n) is 5.31. The van der Waals surface area contributed by atoms with Crippen molar-refractivity contribution in [1.29, 1.82) is 0 Å². The predicted molar refractivity (Wildman–Crippen MR) is 82.4 cm³/mol. The Morgan fingerprint density at radius 1 is 1.21 bits per heavy atom. The second kappa shape index (κ2) is 5.89. The lowest BCUT2D eigenvalue weighted by Gasteiger charge is -2.03. The molecule has 0 fully saturated rings. The van der Waals surface area contributed by atoms with Crippen LogP contribution in [-0.2, 0) is 0 Å². The smallest absolute Gasteiger partial charge is 0.231 e. The molecule has 5 nitrogen and oxygen atoms in total. The lowest BCUT2D eigenvalue weighted by Crippen LogP contribution is -2.10. The van der Waals surface area contributed by atoms with E-state index in [0.29, 0.717) is 0 Å². The van der Waals surface area contributed by atoms with Crippen LogP contribution in [-0.4, -0.2) is 25.9 Å². The van der Waals surface area contributed by atoms with Crippen LogP contribution < -0.4 is 19.2 Å². The van der Waals surface area contributed by atoms with Crippen LogP contribution in [0.4, 0.5) is 10.8 Å². The van der Waals surface area contributed by atoms with E-state index in [2.05, 4.69) is 9.98 Å². The van der Waals surface area contributed by atoms with Crippen molar-refractivity contribution < 1.29 is 9.47 Å². The van der Waals surface area contributed by atoms with Crippen LogP contribution in [0.15, 0.2) is 23.2 Å². The van der Waals surface area contributed by atoms with Crippen molar-refractivity contribution >= 4 is 48.5 Å². The van der Waals surface area contributed by atoms with Crippen LogP contribution in [0.2, 0.25) is 0 Å². The van der Waals surface area contributed by atoms with Gasteiger partial charge in [-0.25, -0.2) is 4.99 Å². The molecule has 102 valence electrons. The number of benzene rings is 1. The van der Waals surface area contributed by atoms with Crippen molar-refractivity contribution in [2.45, 2.75) is 0 Å². The van der Waals surface area contributed by atoms with Crippen molar-refractivity contribution in [3.05, 3.63) is 23.0 Å². The van der Waals surface area contributed by atoms with Gasteiger partial charge in [0.25, 0.3) is 0 Å². The van der Waals surface area contributed by atoms with Gasteiger partial charge in [0.2, 0.25) is 11.6 Å². The first kappa shape index (κ1) is 14.3. The summed E-state index contributed by atoms with van der Waals surface area (Å²) in [6, 6.07) is 5.63. The van der Waals surface area contributed by atoms with Crippen LogP contribution in [0.3, 0.4) is 0 Å². The third-order valence-corrected chi connectivity index (χ3v) is 4.51. The van der Waals surface area contributed by atoms with E-state index in [1.54, 1.807) is 20.7 Å². The molecule has 0 saturated carbocycles. The summed E-state index contributed by atoms with van der Waals surface area (Å²) in [5.74, 6) is 1.51. The Balaban J connectivity index is 0.00000133. The zero-order chi connectivity index (χ0) is 12.5. The Bertz CT molecular complexity index is 639. The van der Waals surface area contributed by atoms with E-state index in [1.807, 2.05) is 37.2 Å². The van der Waals surface area contributed by atoms with Crippen LogP contribution in [0.25, 0.3) is 0 Å². The second-order valence-electron chi connectivity index (χ2n) is 3.89. The summed E-state index contributed by atoms with van der Waals surface area (Å²) in [4.78, 5) is 11.6. The van der Waals surface area contributed by atoms with Crippen molar-refractivity contribution in [3.63, 3.8) is 0 Å². The summed E-state index contributed by atoms with van der Waals surface area (Å²) >= 11 is 0. The van der Waals surface area contributed by atoms with Gasteiger partial charge in [0.1, 0.15) is 0 Å².